The van der Waals surface area contributed by atoms with Crippen molar-refractivity contribution in [2.45, 2.75) is 44.9 Å². The van der Waals surface area contributed by atoms with Gasteiger partial charge in [-0.05, 0) is 49.8 Å². The van der Waals surface area contributed by atoms with E-state index in [2.05, 4.69) is 5.32 Å². The zero-order valence-corrected chi connectivity index (χ0v) is 16.3. The lowest BCUT2D eigenvalue weighted by atomic mass is 10.0. The van der Waals surface area contributed by atoms with Crippen LogP contribution in [0.25, 0.3) is 0 Å². The Morgan fingerprint density at radius 2 is 1.96 bits per heavy atom. The van der Waals surface area contributed by atoms with E-state index in [1.807, 2.05) is 18.2 Å². The molecule has 2 aromatic rings. The summed E-state index contributed by atoms with van der Waals surface area (Å²) in [4.78, 5) is 18.2. The number of ether oxygens (including phenoxy) is 2. The Bertz CT molecular complexity index is 734. The van der Waals surface area contributed by atoms with Crippen LogP contribution in [0.3, 0.4) is 0 Å². The summed E-state index contributed by atoms with van der Waals surface area (Å²) in [5.41, 5.74) is 2.38. The Labute approximate surface area is 158 Å². The summed E-state index contributed by atoms with van der Waals surface area (Å²) in [7, 11) is 3.25. The molecule has 0 atom stereocenters. The molecule has 0 saturated carbocycles. The van der Waals surface area contributed by atoms with Gasteiger partial charge in [-0.1, -0.05) is 6.07 Å². The average molecular weight is 375 g/mol. The molecule has 0 radical (unpaired) electrons. The second-order valence-electron chi connectivity index (χ2n) is 6.47. The van der Waals surface area contributed by atoms with Crippen LogP contribution >= 0.6 is 11.3 Å². The van der Waals surface area contributed by atoms with E-state index in [0.29, 0.717) is 24.5 Å². The molecule has 1 heterocycles. The second-order valence-corrected chi connectivity index (χ2v) is 7.64. The summed E-state index contributed by atoms with van der Waals surface area (Å²) >= 11 is 1.79. The first-order valence-electron chi connectivity index (χ1n) is 9.14. The minimum absolute atomic E-state index is 0.0821. The Balaban J connectivity index is 1.42. The van der Waals surface area contributed by atoms with Crippen molar-refractivity contribution in [1.29, 1.82) is 0 Å². The quantitative estimate of drug-likeness (QED) is 0.770. The summed E-state index contributed by atoms with van der Waals surface area (Å²) in [6.45, 7) is 0.614. The number of amides is 1. The van der Waals surface area contributed by atoms with Gasteiger partial charge in [-0.25, -0.2) is 4.98 Å². The van der Waals surface area contributed by atoms with Crippen molar-refractivity contribution in [2.24, 2.45) is 0 Å². The summed E-state index contributed by atoms with van der Waals surface area (Å²) in [6.07, 6.45) is 6.77. The molecule has 1 aromatic heterocycles. The third kappa shape index (κ3) is 4.75. The normalized spacial score (nSPS) is 13.2. The molecule has 0 bridgehead atoms. The Morgan fingerprint density at radius 1 is 1.15 bits per heavy atom. The van der Waals surface area contributed by atoms with E-state index in [1.165, 1.54) is 23.4 Å². The van der Waals surface area contributed by atoms with Crippen LogP contribution in [-0.2, 0) is 30.5 Å². The van der Waals surface area contributed by atoms with Gasteiger partial charge in [-0.2, -0.15) is 0 Å². The van der Waals surface area contributed by atoms with Gasteiger partial charge in [0.05, 0.1) is 24.9 Å². The number of carbonyl (C=O) groups is 1. The Hall–Kier alpha value is -2.08. The van der Waals surface area contributed by atoms with Crippen LogP contribution in [-0.4, -0.2) is 31.7 Å². The van der Waals surface area contributed by atoms with Crippen molar-refractivity contribution in [3.63, 3.8) is 0 Å². The third-order valence-electron chi connectivity index (χ3n) is 4.64. The number of thiazole rings is 1. The van der Waals surface area contributed by atoms with Gasteiger partial charge in [-0.15, -0.1) is 11.3 Å². The summed E-state index contributed by atoms with van der Waals surface area (Å²) < 4.78 is 10.5. The number of nitrogens with one attached hydrogen (secondary N) is 1. The maximum absolute atomic E-state index is 12.1. The van der Waals surface area contributed by atoms with E-state index >= 15 is 0 Å². The monoisotopic (exact) mass is 374 g/mol. The highest BCUT2D eigenvalue weighted by Gasteiger charge is 2.15. The molecule has 0 aliphatic heterocycles. The van der Waals surface area contributed by atoms with Gasteiger partial charge < -0.3 is 14.8 Å². The third-order valence-corrected chi connectivity index (χ3v) is 5.86. The van der Waals surface area contributed by atoms with Crippen molar-refractivity contribution in [1.82, 2.24) is 10.3 Å². The lowest BCUT2D eigenvalue weighted by Crippen LogP contribution is -2.25. The molecule has 1 N–H and O–H groups in total. The molecule has 1 aromatic carbocycles. The number of methoxy groups -OCH3 is 2. The van der Waals surface area contributed by atoms with Gasteiger partial charge in [0.1, 0.15) is 0 Å². The smallest absolute Gasteiger partial charge is 0.220 e. The molecule has 6 heteroatoms. The van der Waals surface area contributed by atoms with Crippen molar-refractivity contribution >= 4 is 17.2 Å². The number of carbonyl (C=O) groups excluding carboxylic acids is 1. The lowest BCUT2D eigenvalue weighted by molar-refractivity contribution is -0.121. The molecule has 0 unspecified atom stereocenters. The SMILES string of the molecule is COc1ccc(CCNC(=O)CCc2nc3c(s2)CCCC3)cc1OC. The first-order valence-corrected chi connectivity index (χ1v) is 9.96. The fourth-order valence-electron chi connectivity index (χ4n) is 3.20. The van der Waals surface area contributed by atoms with Crippen LogP contribution in [0, 0.1) is 0 Å². The number of nitrogens with zero attached hydrogens (tertiary/aromatic N) is 1. The van der Waals surface area contributed by atoms with Crippen molar-refractivity contribution in [3.05, 3.63) is 39.3 Å². The van der Waals surface area contributed by atoms with Crippen LogP contribution in [0.1, 0.15) is 40.4 Å². The number of fused-ring (bicyclic) bond motifs is 1. The minimum atomic E-state index is 0.0821. The van der Waals surface area contributed by atoms with Crippen molar-refractivity contribution in [3.8, 4) is 11.5 Å². The molecule has 0 spiro atoms. The number of rotatable bonds is 8. The van der Waals surface area contributed by atoms with E-state index in [0.717, 1.165) is 36.3 Å². The standard InChI is InChI=1S/C20H26N2O3S/c1-24-16-8-7-14(13-17(16)25-2)11-12-21-19(23)9-10-20-22-15-5-3-4-6-18(15)26-20/h7-8,13H,3-6,9-12H2,1-2H3,(H,21,23). The van der Waals surface area contributed by atoms with Crippen LogP contribution < -0.4 is 14.8 Å². The molecular formula is C20H26N2O3S. The zero-order chi connectivity index (χ0) is 18.4. The number of aromatic nitrogens is 1. The second kappa shape index (κ2) is 9.03. The molecule has 140 valence electrons. The van der Waals surface area contributed by atoms with Crippen molar-refractivity contribution in [2.75, 3.05) is 20.8 Å². The van der Waals surface area contributed by atoms with Gasteiger partial charge in [0.15, 0.2) is 11.5 Å². The average Bonchev–Trinajstić information content (AvgIpc) is 3.09. The molecule has 0 saturated heterocycles. The van der Waals surface area contributed by atoms with Gasteiger partial charge in [0.2, 0.25) is 5.91 Å². The van der Waals surface area contributed by atoms with E-state index in [9.17, 15) is 4.79 Å². The van der Waals surface area contributed by atoms with Crippen LogP contribution in [0.4, 0.5) is 0 Å². The molecule has 0 fully saturated rings. The van der Waals surface area contributed by atoms with E-state index in [1.54, 1.807) is 25.6 Å². The van der Waals surface area contributed by atoms with Gasteiger partial charge in [-0.3, -0.25) is 4.79 Å². The summed E-state index contributed by atoms with van der Waals surface area (Å²) in [5.74, 6) is 1.51. The van der Waals surface area contributed by atoms with E-state index in [-0.39, 0.29) is 5.91 Å². The fourth-order valence-corrected chi connectivity index (χ4v) is 4.36. The fraction of sp³-hybridized carbons (Fsp3) is 0.500. The highest BCUT2D eigenvalue weighted by molar-refractivity contribution is 7.11. The zero-order valence-electron chi connectivity index (χ0n) is 15.5. The maximum Gasteiger partial charge on any atom is 0.220 e. The molecule has 3 rings (SSSR count). The van der Waals surface area contributed by atoms with E-state index < -0.39 is 0 Å². The summed E-state index contributed by atoms with van der Waals surface area (Å²) in [5, 5.41) is 4.10. The van der Waals surface area contributed by atoms with Gasteiger partial charge in [0.25, 0.3) is 0 Å². The first kappa shape index (κ1) is 18.7. The Morgan fingerprint density at radius 3 is 2.73 bits per heavy atom. The predicted octanol–water partition coefficient (Wildman–Crippen LogP) is 3.33. The van der Waals surface area contributed by atoms with Crippen LogP contribution in [0.15, 0.2) is 18.2 Å². The highest BCUT2D eigenvalue weighted by atomic mass is 32.1. The minimum Gasteiger partial charge on any atom is -0.493 e. The summed E-state index contributed by atoms with van der Waals surface area (Å²) in [6, 6.07) is 5.83. The van der Waals surface area contributed by atoms with Crippen LogP contribution in [0.5, 0.6) is 11.5 Å². The molecule has 1 aliphatic rings. The number of benzene rings is 1. The number of hydrogen-bond donors (Lipinski definition) is 1. The van der Waals surface area contributed by atoms with Gasteiger partial charge >= 0.3 is 0 Å². The number of hydrogen-bond acceptors (Lipinski definition) is 5. The Kier molecular flexibility index (Phi) is 6.50. The highest BCUT2D eigenvalue weighted by Crippen LogP contribution is 2.28. The molecule has 26 heavy (non-hydrogen) atoms. The van der Waals surface area contributed by atoms with Crippen LogP contribution in [0.2, 0.25) is 0 Å². The first-order chi connectivity index (χ1) is 12.7. The molecule has 1 amide bonds. The topological polar surface area (TPSA) is 60.5 Å². The largest absolute Gasteiger partial charge is 0.493 e. The van der Waals surface area contributed by atoms with Gasteiger partial charge in [0, 0.05) is 24.3 Å². The predicted molar refractivity (Wildman–Crippen MR) is 103 cm³/mol. The number of aryl methyl sites for hydroxylation is 3. The van der Waals surface area contributed by atoms with E-state index in [4.69, 9.17) is 14.5 Å². The molecular weight excluding hydrogens is 348 g/mol. The lowest BCUT2D eigenvalue weighted by Gasteiger charge is -2.10. The maximum atomic E-state index is 12.1. The molecule has 1 aliphatic carbocycles. The molecule has 5 nitrogen and oxygen atoms in total. The van der Waals surface area contributed by atoms with Crippen molar-refractivity contribution < 1.29 is 14.3 Å².